The van der Waals surface area contributed by atoms with Crippen molar-refractivity contribution in [1.82, 2.24) is 4.90 Å². The molecule has 0 atom stereocenters. The number of rotatable bonds is 6. The average molecular weight is 307 g/mol. The van der Waals surface area contributed by atoms with Gasteiger partial charge in [-0.15, -0.1) is 0 Å². The molecule has 0 unspecified atom stereocenters. The zero-order valence-corrected chi connectivity index (χ0v) is 13.1. The van der Waals surface area contributed by atoms with Gasteiger partial charge in [0.05, 0.1) is 13.0 Å². The number of esters is 1. The van der Waals surface area contributed by atoms with Crippen molar-refractivity contribution in [3.63, 3.8) is 0 Å². The molecular weight excluding hydrogens is 286 g/mol. The van der Waals surface area contributed by atoms with Crippen LogP contribution in [0.2, 0.25) is 0 Å². The Kier molecular flexibility index (Phi) is 5.25. The van der Waals surface area contributed by atoms with Crippen LogP contribution in [0.4, 0.5) is 0 Å². The third-order valence-corrected chi connectivity index (χ3v) is 3.37. The minimum absolute atomic E-state index is 0.0210. The highest BCUT2D eigenvalue weighted by Crippen LogP contribution is 2.32. The summed E-state index contributed by atoms with van der Waals surface area (Å²) < 4.78 is 15.4. The van der Waals surface area contributed by atoms with Gasteiger partial charge in [0.1, 0.15) is 0 Å². The Hall–Kier alpha value is -2.24. The third kappa shape index (κ3) is 3.69. The molecule has 6 nitrogen and oxygen atoms in total. The Balaban J connectivity index is 2.07. The van der Waals surface area contributed by atoms with E-state index in [4.69, 9.17) is 14.2 Å². The molecule has 1 aliphatic heterocycles. The van der Waals surface area contributed by atoms with Gasteiger partial charge in [0.15, 0.2) is 11.5 Å². The monoisotopic (exact) mass is 307 g/mol. The predicted octanol–water partition coefficient (Wildman–Crippen LogP) is 2.22. The van der Waals surface area contributed by atoms with Crippen LogP contribution < -0.4 is 9.47 Å². The van der Waals surface area contributed by atoms with Crippen LogP contribution in [0.1, 0.15) is 37.6 Å². The quantitative estimate of drug-likeness (QED) is 0.754. The van der Waals surface area contributed by atoms with Gasteiger partial charge in [-0.1, -0.05) is 0 Å². The zero-order valence-electron chi connectivity index (χ0n) is 13.1. The summed E-state index contributed by atoms with van der Waals surface area (Å²) in [5, 5.41) is 0. The van der Waals surface area contributed by atoms with E-state index in [2.05, 4.69) is 0 Å². The molecule has 0 saturated carbocycles. The standard InChI is InChI=1S/C16H21NO5/c1-4-20-15(18)7-8-17(11(2)3)16(19)12-5-6-13-14(9-12)22-10-21-13/h5-6,9,11H,4,7-8,10H2,1-3H3. The predicted molar refractivity (Wildman–Crippen MR) is 80.0 cm³/mol. The van der Waals surface area contributed by atoms with Crippen molar-refractivity contribution < 1.29 is 23.8 Å². The molecule has 1 aliphatic rings. The Bertz CT molecular complexity index is 555. The minimum Gasteiger partial charge on any atom is -0.466 e. The van der Waals surface area contributed by atoms with Gasteiger partial charge in [-0.25, -0.2) is 0 Å². The third-order valence-electron chi connectivity index (χ3n) is 3.37. The summed E-state index contributed by atoms with van der Waals surface area (Å²) in [7, 11) is 0. The molecule has 0 aliphatic carbocycles. The second kappa shape index (κ2) is 7.15. The fourth-order valence-electron chi connectivity index (χ4n) is 2.23. The highest BCUT2D eigenvalue weighted by atomic mass is 16.7. The molecule has 0 bridgehead atoms. The van der Waals surface area contributed by atoms with Crippen LogP contribution in [-0.2, 0) is 9.53 Å². The maximum atomic E-state index is 12.6. The zero-order chi connectivity index (χ0) is 16.1. The normalized spacial score (nSPS) is 12.4. The van der Waals surface area contributed by atoms with E-state index in [0.29, 0.717) is 30.2 Å². The second-order valence-electron chi connectivity index (χ2n) is 5.22. The maximum absolute atomic E-state index is 12.6. The van der Waals surface area contributed by atoms with Crippen molar-refractivity contribution in [2.75, 3.05) is 19.9 Å². The molecule has 0 radical (unpaired) electrons. The summed E-state index contributed by atoms with van der Waals surface area (Å²) in [6.45, 7) is 6.42. The van der Waals surface area contributed by atoms with Gasteiger partial charge in [0.2, 0.25) is 6.79 Å². The molecule has 0 aromatic heterocycles. The van der Waals surface area contributed by atoms with E-state index in [9.17, 15) is 9.59 Å². The van der Waals surface area contributed by atoms with Gasteiger partial charge >= 0.3 is 5.97 Å². The van der Waals surface area contributed by atoms with Crippen LogP contribution in [0, 0.1) is 0 Å². The molecule has 120 valence electrons. The molecule has 2 rings (SSSR count). The molecular formula is C16H21NO5. The smallest absolute Gasteiger partial charge is 0.307 e. The molecule has 1 aromatic rings. The topological polar surface area (TPSA) is 65.1 Å². The number of fused-ring (bicyclic) bond motifs is 1. The average Bonchev–Trinajstić information content (AvgIpc) is 2.94. The largest absolute Gasteiger partial charge is 0.466 e. The molecule has 1 amide bonds. The van der Waals surface area contributed by atoms with E-state index in [0.717, 1.165) is 0 Å². The number of ether oxygens (including phenoxy) is 3. The molecule has 1 heterocycles. The molecule has 0 fully saturated rings. The van der Waals surface area contributed by atoms with Gasteiger partial charge in [-0.2, -0.15) is 0 Å². The van der Waals surface area contributed by atoms with Crippen molar-refractivity contribution in [2.24, 2.45) is 0 Å². The van der Waals surface area contributed by atoms with Crippen molar-refractivity contribution in [1.29, 1.82) is 0 Å². The van der Waals surface area contributed by atoms with Crippen LogP contribution in [0.5, 0.6) is 11.5 Å². The fourth-order valence-corrected chi connectivity index (χ4v) is 2.23. The van der Waals surface area contributed by atoms with Gasteiger partial charge in [0.25, 0.3) is 5.91 Å². The summed E-state index contributed by atoms with van der Waals surface area (Å²) in [4.78, 5) is 25.8. The van der Waals surface area contributed by atoms with Crippen molar-refractivity contribution in [3.8, 4) is 11.5 Å². The number of carbonyl (C=O) groups excluding carboxylic acids is 2. The van der Waals surface area contributed by atoms with E-state index in [1.54, 1.807) is 30.0 Å². The van der Waals surface area contributed by atoms with Gasteiger partial charge < -0.3 is 19.1 Å². The summed E-state index contributed by atoms with van der Waals surface area (Å²) >= 11 is 0. The van der Waals surface area contributed by atoms with Crippen molar-refractivity contribution in [3.05, 3.63) is 23.8 Å². The lowest BCUT2D eigenvalue weighted by atomic mass is 10.1. The summed E-state index contributed by atoms with van der Waals surface area (Å²) in [5.74, 6) is 0.767. The van der Waals surface area contributed by atoms with E-state index in [1.807, 2.05) is 13.8 Å². The van der Waals surface area contributed by atoms with Crippen LogP contribution >= 0.6 is 0 Å². The van der Waals surface area contributed by atoms with Crippen LogP contribution in [0.15, 0.2) is 18.2 Å². The molecule has 0 spiro atoms. The Morgan fingerprint density at radius 2 is 2.00 bits per heavy atom. The number of nitrogens with zero attached hydrogens (tertiary/aromatic N) is 1. The van der Waals surface area contributed by atoms with Crippen molar-refractivity contribution in [2.45, 2.75) is 33.2 Å². The Morgan fingerprint density at radius 1 is 1.27 bits per heavy atom. The number of benzene rings is 1. The second-order valence-corrected chi connectivity index (χ2v) is 5.22. The number of amides is 1. The molecule has 22 heavy (non-hydrogen) atoms. The first-order valence-corrected chi connectivity index (χ1v) is 7.39. The van der Waals surface area contributed by atoms with Crippen LogP contribution in [0.3, 0.4) is 0 Å². The molecule has 1 aromatic carbocycles. The van der Waals surface area contributed by atoms with E-state index < -0.39 is 0 Å². The van der Waals surface area contributed by atoms with E-state index in [-0.39, 0.29) is 31.1 Å². The van der Waals surface area contributed by atoms with Crippen LogP contribution in [-0.4, -0.2) is 42.8 Å². The lowest BCUT2D eigenvalue weighted by Gasteiger charge is -2.26. The minimum atomic E-state index is -0.299. The van der Waals surface area contributed by atoms with Crippen LogP contribution in [0.25, 0.3) is 0 Å². The molecule has 6 heteroatoms. The Labute approximate surface area is 129 Å². The number of hydrogen-bond donors (Lipinski definition) is 0. The van der Waals surface area contributed by atoms with E-state index >= 15 is 0 Å². The first kappa shape index (κ1) is 16.1. The SMILES string of the molecule is CCOC(=O)CCN(C(=O)c1ccc2c(c1)OCO2)C(C)C. The number of carbonyl (C=O) groups is 2. The number of hydrogen-bond acceptors (Lipinski definition) is 5. The van der Waals surface area contributed by atoms with Gasteiger partial charge in [-0.05, 0) is 39.0 Å². The van der Waals surface area contributed by atoms with Crippen molar-refractivity contribution >= 4 is 11.9 Å². The summed E-state index contributed by atoms with van der Waals surface area (Å²) in [6, 6.07) is 5.08. The lowest BCUT2D eigenvalue weighted by Crippen LogP contribution is -2.38. The Morgan fingerprint density at radius 3 is 2.68 bits per heavy atom. The first-order valence-electron chi connectivity index (χ1n) is 7.39. The highest BCUT2D eigenvalue weighted by molar-refractivity contribution is 5.95. The van der Waals surface area contributed by atoms with Gasteiger partial charge in [0, 0.05) is 18.2 Å². The summed E-state index contributed by atoms with van der Waals surface area (Å²) in [5.41, 5.74) is 0.516. The lowest BCUT2D eigenvalue weighted by molar-refractivity contribution is -0.143. The molecule has 0 N–H and O–H groups in total. The first-order chi connectivity index (χ1) is 10.5. The molecule has 0 saturated heterocycles. The van der Waals surface area contributed by atoms with E-state index in [1.165, 1.54) is 0 Å². The van der Waals surface area contributed by atoms with Gasteiger partial charge in [-0.3, -0.25) is 9.59 Å². The fraction of sp³-hybridized carbons (Fsp3) is 0.500. The highest BCUT2D eigenvalue weighted by Gasteiger charge is 2.22. The summed E-state index contributed by atoms with van der Waals surface area (Å²) in [6.07, 6.45) is 0.183. The maximum Gasteiger partial charge on any atom is 0.307 e.